The summed E-state index contributed by atoms with van der Waals surface area (Å²) in [6, 6.07) is 12.7. The lowest BCUT2D eigenvalue weighted by Crippen LogP contribution is -2.34. The van der Waals surface area contributed by atoms with Crippen LogP contribution in [0.3, 0.4) is 0 Å². The van der Waals surface area contributed by atoms with Crippen molar-refractivity contribution in [2.45, 2.75) is 39.7 Å². The van der Waals surface area contributed by atoms with E-state index in [9.17, 15) is 4.79 Å². The molecule has 150 valence electrons. The van der Waals surface area contributed by atoms with Crippen LogP contribution in [-0.2, 0) is 0 Å². The zero-order chi connectivity index (χ0) is 20.5. The number of thiocarbonyl (C=S) groups is 1. The molecule has 2 rings (SSSR count). The largest absolute Gasteiger partial charge is 0.493 e. The van der Waals surface area contributed by atoms with Gasteiger partial charge < -0.3 is 14.8 Å². The fraction of sp³-hybridized carbons (Fsp3) is 0.333. The maximum atomic E-state index is 12.7. The summed E-state index contributed by atoms with van der Waals surface area (Å²) in [5.41, 5.74) is 1.16. The van der Waals surface area contributed by atoms with Crippen molar-refractivity contribution in [3.8, 4) is 11.5 Å². The molecule has 2 aromatic rings. The molecule has 0 radical (unpaired) electrons. The molecule has 1 amide bonds. The number of hydrogen-bond acceptors (Lipinski definition) is 4. The van der Waals surface area contributed by atoms with Gasteiger partial charge in [0.1, 0.15) is 11.5 Å². The van der Waals surface area contributed by atoms with Gasteiger partial charge in [0, 0.05) is 16.2 Å². The van der Waals surface area contributed by atoms with Gasteiger partial charge in [0.05, 0.1) is 18.3 Å². The van der Waals surface area contributed by atoms with Crippen LogP contribution in [-0.4, -0.2) is 23.7 Å². The molecule has 0 aromatic heterocycles. The third kappa shape index (κ3) is 7.13. The van der Waals surface area contributed by atoms with E-state index >= 15 is 0 Å². The zero-order valence-electron chi connectivity index (χ0n) is 16.3. The van der Waals surface area contributed by atoms with E-state index in [0.29, 0.717) is 17.9 Å². The average molecular weight is 465 g/mol. The van der Waals surface area contributed by atoms with Crippen LogP contribution in [0.25, 0.3) is 0 Å². The number of hydrogen-bond donors (Lipinski definition) is 2. The Morgan fingerprint density at radius 2 is 2.00 bits per heavy atom. The molecule has 0 bridgehead atoms. The van der Waals surface area contributed by atoms with Crippen molar-refractivity contribution >= 4 is 44.9 Å². The average Bonchev–Trinajstić information content (AvgIpc) is 2.62. The maximum absolute atomic E-state index is 12.7. The topological polar surface area (TPSA) is 59.6 Å². The van der Waals surface area contributed by atoms with E-state index in [2.05, 4.69) is 33.5 Å². The van der Waals surface area contributed by atoms with Gasteiger partial charge in [-0.3, -0.25) is 10.1 Å². The van der Waals surface area contributed by atoms with E-state index in [-0.39, 0.29) is 17.1 Å². The molecule has 0 aliphatic rings. The lowest BCUT2D eigenvalue weighted by Gasteiger charge is -2.14. The van der Waals surface area contributed by atoms with Crippen molar-refractivity contribution in [1.29, 1.82) is 0 Å². The predicted molar refractivity (Wildman–Crippen MR) is 120 cm³/mol. The SMILES string of the molecule is CCCCOc1ccc(Br)cc1C(=O)NC(=S)Nc1cccc(OC(C)C)c1. The Balaban J connectivity index is 2.04. The van der Waals surface area contributed by atoms with E-state index in [1.54, 1.807) is 12.1 Å². The van der Waals surface area contributed by atoms with Gasteiger partial charge >= 0.3 is 0 Å². The van der Waals surface area contributed by atoms with E-state index in [4.69, 9.17) is 21.7 Å². The Morgan fingerprint density at radius 1 is 1.21 bits per heavy atom. The third-order valence-corrected chi connectivity index (χ3v) is 4.33. The summed E-state index contributed by atoms with van der Waals surface area (Å²) in [6.07, 6.45) is 2.02. The minimum atomic E-state index is -0.333. The summed E-state index contributed by atoms with van der Waals surface area (Å²) >= 11 is 8.69. The second-order valence-electron chi connectivity index (χ2n) is 6.45. The highest BCUT2D eigenvalue weighted by Gasteiger charge is 2.15. The van der Waals surface area contributed by atoms with Crippen molar-refractivity contribution in [1.82, 2.24) is 5.32 Å². The molecule has 0 aliphatic carbocycles. The van der Waals surface area contributed by atoms with Crippen LogP contribution in [0.15, 0.2) is 46.9 Å². The first-order valence-electron chi connectivity index (χ1n) is 9.20. The number of anilines is 1. The Morgan fingerprint density at radius 3 is 2.71 bits per heavy atom. The molecule has 0 fully saturated rings. The molecule has 28 heavy (non-hydrogen) atoms. The number of benzene rings is 2. The van der Waals surface area contributed by atoms with E-state index in [1.165, 1.54) is 0 Å². The van der Waals surface area contributed by atoms with Crippen LogP contribution in [0.4, 0.5) is 5.69 Å². The number of carbonyl (C=O) groups is 1. The fourth-order valence-electron chi connectivity index (χ4n) is 2.38. The molecule has 0 atom stereocenters. The standard InChI is InChI=1S/C21H25BrN2O3S/c1-4-5-11-26-19-10-9-15(22)12-18(19)20(25)24-21(28)23-16-7-6-8-17(13-16)27-14(2)3/h6-10,12-14H,4-5,11H2,1-3H3,(H2,23,24,25,28). The number of amides is 1. The van der Waals surface area contributed by atoms with Crippen LogP contribution in [0.1, 0.15) is 44.0 Å². The normalized spacial score (nSPS) is 10.5. The second kappa shape index (κ2) is 11.0. The Hall–Kier alpha value is -2.12. The van der Waals surface area contributed by atoms with Crippen molar-refractivity contribution in [2.75, 3.05) is 11.9 Å². The Labute approximate surface area is 179 Å². The van der Waals surface area contributed by atoms with Gasteiger partial charge in [0.25, 0.3) is 5.91 Å². The highest BCUT2D eigenvalue weighted by atomic mass is 79.9. The van der Waals surface area contributed by atoms with Gasteiger partial charge in [-0.05, 0) is 62.8 Å². The summed E-state index contributed by atoms with van der Waals surface area (Å²) in [6.45, 7) is 6.57. The predicted octanol–water partition coefficient (Wildman–Crippen LogP) is 5.54. The smallest absolute Gasteiger partial charge is 0.261 e. The first kappa shape index (κ1) is 22.2. The molecular weight excluding hydrogens is 440 g/mol. The minimum Gasteiger partial charge on any atom is -0.493 e. The molecular formula is C21H25BrN2O3S. The van der Waals surface area contributed by atoms with E-state index < -0.39 is 0 Å². The summed E-state index contributed by atoms with van der Waals surface area (Å²) in [7, 11) is 0. The van der Waals surface area contributed by atoms with Crippen LogP contribution >= 0.6 is 28.1 Å². The van der Waals surface area contributed by atoms with Gasteiger partial charge in [-0.2, -0.15) is 0 Å². The van der Waals surface area contributed by atoms with Gasteiger partial charge in [-0.25, -0.2) is 0 Å². The highest BCUT2D eigenvalue weighted by Crippen LogP contribution is 2.24. The zero-order valence-corrected chi connectivity index (χ0v) is 18.7. The third-order valence-electron chi connectivity index (χ3n) is 3.63. The summed E-state index contributed by atoms with van der Waals surface area (Å²) in [4.78, 5) is 12.7. The minimum absolute atomic E-state index is 0.0737. The van der Waals surface area contributed by atoms with Crippen LogP contribution in [0, 0.1) is 0 Å². The molecule has 0 spiro atoms. The number of unbranched alkanes of at least 4 members (excludes halogenated alkanes) is 1. The molecule has 5 nitrogen and oxygen atoms in total. The van der Waals surface area contributed by atoms with Gasteiger partial charge in [-0.15, -0.1) is 0 Å². The Kier molecular flexibility index (Phi) is 8.73. The van der Waals surface area contributed by atoms with E-state index in [1.807, 2.05) is 44.2 Å². The van der Waals surface area contributed by atoms with Crippen molar-refractivity contribution in [3.63, 3.8) is 0 Å². The number of ether oxygens (including phenoxy) is 2. The number of nitrogens with one attached hydrogen (secondary N) is 2. The van der Waals surface area contributed by atoms with Gasteiger partial charge in [0.2, 0.25) is 0 Å². The highest BCUT2D eigenvalue weighted by molar-refractivity contribution is 9.10. The lowest BCUT2D eigenvalue weighted by molar-refractivity contribution is 0.0973. The van der Waals surface area contributed by atoms with Gasteiger partial charge in [0.15, 0.2) is 5.11 Å². The van der Waals surface area contributed by atoms with Gasteiger partial charge in [-0.1, -0.05) is 35.3 Å². The number of carbonyl (C=O) groups excluding carboxylic acids is 1. The van der Waals surface area contributed by atoms with Crippen molar-refractivity contribution in [2.24, 2.45) is 0 Å². The molecule has 0 saturated carbocycles. The fourth-order valence-corrected chi connectivity index (χ4v) is 2.96. The first-order valence-corrected chi connectivity index (χ1v) is 10.4. The van der Waals surface area contributed by atoms with Crippen LogP contribution in [0.2, 0.25) is 0 Å². The summed E-state index contributed by atoms with van der Waals surface area (Å²) in [5.74, 6) is 0.928. The van der Waals surface area contributed by atoms with Crippen LogP contribution in [0.5, 0.6) is 11.5 Å². The van der Waals surface area contributed by atoms with Crippen LogP contribution < -0.4 is 20.1 Å². The molecule has 0 heterocycles. The quantitative estimate of drug-likeness (QED) is 0.396. The second-order valence-corrected chi connectivity index (χ2v) is 7.77. The Bertz CT molecular complexity index is 827. The van der Waals surface area contributed by atoms with Crippen molar-refractivity contribution in [3.05, 3.63) is 52.5 Å². The summed E-state index contributed by atoms with van der Waals surface area (Å²) < 4.78 is 12.2. The monoisotopic (exact) mass is 464 g/mol. The molecule has 7 heteroatoms. The molecule has 2 N–H and O–H groups in total. The van der Waals surface area contributed by atoms with E-state index in [0.717, 1.165) is 28.8 Å². The summed E-state index contributed by atoms with van der Waals surface area (Å²) in [5, 5.41) is 5.91. The maximum Gasteiger partial charge on any atom is 0.261 e. The first-order chi connectivity index (χ1) is 13.4. The van der Waals surface area contributed by atoms with Crippen molar-refractivity contribution < 1.29 is 14.3 Å². The molecule has 0 aliphatic heterocycles. The molecule has 0 unspecified atom stereocenters. The molecule has 2 aromatic carbocycles. The number of halogens is 1. The number of rotatable bonds is 8. The lowest BCUT2D eigenvalue weighted by atomic mass is 10.2. The molecule has 0 saturated heterocycles.